The van der Waals surface area contributed by atoms with Gasteiger partial charge in [0, 0.05) is 11.2 Å². The second kappa shape index (κ2) is 5.77. The maximum absolute atomic E-state index is 6.19. The zero-order valence-electron chi connectivity index (χ0n) is 10.7. The van der Waals surface area contributed by atoms with Crippen molar-refractivity contribution in [1.82, 2.24) is 0 Å². The number of ether oxygens (including phenoxy) is 1. The highest BCUT2D eigenvalue weighted by molar-refractivity contribution is 5.60. The van der Waals surface area contributed by atoms with Gasteiger partial charge in [-0.15, -0.1) is 0 Å². The smallest absolute Gasteiger partial charge is 0.142 e. The molecule has 4 nitrogen and oxygen atoms in total. The largest absolute Gasteiger partial charge is 0.491 e. The van der Waals surface area contributed by atoms with Crippen LogP contribution in [0.5, 0.6) is 5.75 Å². The molecule has 0 saturated heterocycles. The highest BCUT2D eigenvalue weighted by Gasteiger charge is 2.19. The van der Waals surface area contributed by atoms with Gasteiger partial charge in [-0.25, -0.2) is 0 Å². The van der Waals surface area contributed by atoms with Gasteiger partial charge in [0.15, 0.2) is 0 Å². The molecular formula is C13H23N3O. The molecule has 0 fully saturated rings. The first-order chi connectivity index (χ1) is 8.00. The number of hydrogen-bond donors (Lipinski definition) is 3. The third-order valence-electron chi connectivity index (χ3n) is 3.30. The minimum atomic E-state index is -0.136. The summed E-state index contributed by atoms with van der Waals surface area (Å²) in [4.78, 5) is 0. The molecule has 1 aromatic carbocycles. The summed E-state index contributed by atoms with van der Waals surface area (Å²) in [5.74, 6) is 0.675. The molecule has 0 aliphatic heterocycles. The normalized spacial score (nSPS) is 11.5. The summed E-state index contributed by atoms with van der Waals surface area (Å²) in [6.45, 7) is 4.77. The van der Waals surface area contributed by atoms with Gasteiger partial charge in [-0.05, 0) is 37.5 Å². The molecule has 96 valence electrons. The summed E-state index contributed by atoms with van der Waals surface area (Å²) in [5.41, 5.74) is 18.7. The number of anilines is 2. The number of rotatable bonds is 6. The monoisotopic (exact) mass is 237 g/mol. The van der Waals surface area contributed by atoms with Crippen molar-refractivity contribution >= 4 is 11.4 Å². The Balaban J connectivity index is 2.51. The molecule has 4 heteroatoms. The van der Waals surface area contributed by atoms with Crippen molar-refractivity contribution in [3.05, 3.63) is 18.2 Å². The van der Waals surface area contributed by atoms with Gasteiger partial charge in [-0.1, -0.05) is 13.8 Å². The number of nitrogen functional groups attached to an aromatic ring is 2. The quantitative estimate of drug-likeness (QED) is 0.661. The average molecular weight is 237 g/mol. The van der Waals surface area contributed by atoms with E-state index >= 15 is 0 Å². The lowest BCUT2D eigenvalue weighted by Crippen LogP contribution is -2.39. The molecule has 0 radical (unpaired) electrons. The summed E-state index contributed by atoms with van der Waals surface area (Å²) in [5, 5.41) is 0. The first-order valence-electron chi connectivity index (χ1n) is 6.07. The van der Waals surface area contributed by atoms with E-state index in [1.165, 1.54) is 0 Å². The summed E-state index contributed by atoms with van der Waals surface area (Å²) in [7, 11) is 0. The van der Waals surface area contributed by atoms with E-state index in [0.717, 1.165) is 19.3 Å². The van der Waals surface area contributed by atoms with Gasteiger partial charge in [0.05, 0.1) is 12.3 Å². The molecule has 0 bridgehead atoms. The van der Waals surface area contributed by atoms with Gasteiger partial charge in [-0.3, -0.25) is 0 Å². The molecule has 0 saturated carbocycles. The molecule has 0 aliphatic carbocycles. The fourth-order valence-electron chi connectivity index (χ4n) is 1.67. The lowest BCUT2D eigenvalue weighted by atomic mass is 9.91. The van der Waals surface area contributed by atoms with Crippen LogP contribution < -0.4 is 21.9 Å². The van der Waals surface area contributed by atoms with Gasteiger partial charge in [-0.2, -0.15) is 0 Å². The van der Waals surface area contributed by atoms with Gasteiger partial charge in [0.2, 0.25) is 0 Å². The number of nitrogens with two attached hydrogens (primary N) is 3. The maximum Gasteiger partial charge on any atom is 0.142 e. The molecule has 0 amide bonds. The Morgan fingerprint density at radius 3 is 2.35 bits per heavy atom. The Kier molecular flexibility index (Phi) is 4.63. The summed E-state index contributed by atoms with van der Waals surface area (Å²) in [6, 6.07) is 5.27. The molecule has 0 unspecified atom stereocenters. The lowest BCUT2D eigenvalue weighted by Gasteiger charge is -2.26. The lowest BCUT2D eigenvalue weighted by molar-refractivity contribution is 0.248. The Morgan fingerprint density at radius 2 is 1.82 bits per heavy atom. The number of benzene rings is 1. The van der Waals surface area contributed by atoms with Crippen LogP contribution in [0.15, 0.2) is 18.2 Å². The Hall–Kier alpha value is -1.42. The van der Waals surface area contributed by atoms with Gasteiger partial charge >= 0.3 is 0 Å². The van der Waals surface area contributed by atoms with Crippen LogP contribution in [0.2, 0.25) is 0 Å². The van der Waals surface area contributed by atoms with Crippen LogP contribution in [0.4, 0.5) is 11.4 Å². The van der Waals surface area contributed by atoms with E-state index in [0.29, 0.717) is 23.7 Å². The van der Waals surface area contributed by atoms with Crippen LogP contribution in [-0.2, 0) is 0 Å². The Morgan fingerprint density at radius 1 is 1.18 bits per heavy atom. The van der Waals surface area contributed by atoms with E-state index in [4.69, 9.17) is 21.9 Å². The maximum atomic E-state index is 6.19. The first kappa shape index (κ1) is 13.6. The molecular weight excluding hydrogens is 214 g/mol. The summed E-state index contributed by atoms with van der Waals surface area (Å²) < 4.78 is 5.63. The van der Waals surface area contributed by atoms with Crippen molar-refractivity contribution < 1.29 is 4.74 Å². The van der Waals surface area contributed by atoms with Crippen molar-refractivity contribution in [2.75, 3.05) is 18.1 Å². The van der Waals surface area contributed by atoms with Crippen molar-refractivity contribution in [3.63, 3.8) is 0 Å². The van der Waals surface area contributed by atoms with Crippen molar-refractivity contribution in [1.29, 1.82) is 0 Å². The average Bonchev–Trinajstić information content (AvgIpc) is 2.32. The topological polar surface area (TPSA) is 87.3 Å². The highest BCUT2D eigenvalue weighted by atomic mass is 16.5. The Labute approximate surface area is 103 Å². The van der Waals surface area contributed by atoms with Crippen LogP contribution in [0.1, 0.15) is 33.1 Å². The highest BCUT2D eigenvalue weighted by Crippen LogP contribution is 2.24. The van der Waals surface area contributed by atoms with Crippen LogP contribution in [0.25, 0.3) is 0 Å². The zero-order valence-corrected chi connectivity index (χ0v) is 10.7. The van der Waals surface area contributed by atoms with Crippen molar-refractivity contribution in [2.24, 2.45) is 5.73 Å². The summed E-state index contributed by atoms with van der Waals surface area (Å²) >= 11 is 0. The van der Waals surface area contributed by atoms with Gasteiger partial charge in [0.25, 0.3) is 0 Å². The second-order valence-electron chi connectivity index (χ2n) is 4.47. The van der Waals surface area contributed by atoms with E-state index in [9.17, 15) is 0 Å². The van der Waals surface area contributed by atoms with E-state index in [1.54, 1.807) is 18.2 Å². The minimum absolute atomic E-state index is 0.136. The SMILES string of the molecule is CCC(N)(CC)CCOc1ccc(N)cc1N. The molecule has 0 heterocycles. The number of hydrogen-bond acceptors (Lipinski definition) is 4. The van der Waals surface area contributed by atoms with E-state index in [1.807, 2.05) is 0 Å². The first-order valence-corrected chi connectivity index (χ1v) is 6.07. The molecule has 0 aromatic heterocycles. The fourth-order valence-corrected chi connectivity index (χ4v) is 1.67. The molecule has 1 rings (SSSR count). The molecule has 1 aromatic rings. The third-order valence-corrected chi connectivity index (χ3v) is 3.30. The van der Waals surface area contributed by atoms with Crippen LogP contribution >= 0.6 is 0 Å². The van der Waals surface area contributed by atoms with E-state index < -0.39 is 0 Å². The van der Waals surface area contributed by atoms with Crippen molar-refractivity contribution in [3.8, 4) is 5.75 Å². The van der Waals surface area contributed by atoms with Gasteiger partial charge in [0.1, 0.15) is 5.75 Å². The van der Waals surface area contributed by atoms with E-state index in [2.05, 4.69) is 13.8 Å². The second-order valence-corrected chi connectivity index (χ2v) is 4.47. The molecule has 6 N–H and O–H groups in total. The van der Waals surface area contributed by atoms with Crippen molar-refractivity contribution in [2.45, 2.75) is 38.6 Å². The Bertz CT molecular complexity index is 362. The fraction of sp³-hybridized carbons (Fsp3) is 0.538. The molecule has 17 heavy (non-hydrogen) atoms. The zero-order chi connectivity index (χ0) is 12.9. The third kappa shape index (κ3) is 3.82. The molecule has 0 aliphatic rings. The predicted octanol–water partition coefficient (Wildman–Crippen LogP) is 2.14. The van der Waals surface area contributed by atoms with Crippen LogP contribution in [-0.4, -0.2) is 12.1 Å². The predicted molar refractivity (Wildman–Crippen MR) is 72.9 cm³/mol. The van der Waals surface area contributed by atoms with Gasteiger partial charge < -0.3 is 21.9 Å². The molecule has 0 spiro atoms. The summed E-state index contributed by atoms with van der Waals surface area (Å²) in [6.07, 6.45) is 2.72. The van der Waals surface area contributed by atoms with Crippen LogP contribution in [0.3, 0.4) is 0 Å². The minimum Gasteiger partial charge on any atom is -0.491 e. The molecule has 0 atom stereocenters. The van der Waals surface area contributed by atoms with Crippen LogP contribution in [0, 0.1) is 0 Å². The standard InChI is InChI=1S/C13H23N3O/c1-3-13(16,4-2)7-8-17-12-6-5-10(14)9-11(12)15/h5-6,9H,3-4,7-8,14-16H2,1-2H3. The van der Waals surface area contributed by atoms with E-state index in [-0.39, 0.29) is 5.54 Å².